The summed E-state index contributed by atoms with van der Waals surface area (Å²) in [5.74, 6) is -0.809. The second-order valence-corrected chi connectivity index (χ2v) is 5.17. The monoisotopic (exact) mass is 324 g/mol. The minimum atomic E-state index is -4.33. The number of halogens is 1. The first-order valence-corrected chi connectivity index (χ1v) is 6.55. The first-order valence-electron chi connectivity index (χ1n) is 4.41. The van der Waals surface area contributed by atoms with Crippen LogP contribution in [0, 0.1) is 0 Å². The van der Waals surface area contributed by atoms with Gasteiger partial charge in [-0.1, -0.05) is 17.7 Å². The van der Waals surface area contributed by atoms with E-state index in [1.165, 1.54) is 12.2 Å². The molecule has 0 amide bonds. The van der Waals surface area contributed by atoms with Crippen LogP contribution in [0.5, 0.6) is 5.88 Å². The fourth-order valence-electron chi connectivity index (χ4n) is 0.978. The Labute approximate surface area is 159 Å². The minimum absolute atomic E-state index is 0. The summed E-state index contributed by atoms with van der Waals surface area (Å²) in [6.07, 6.45) is 3.10. The Morgan fingerprint density at radius 2 is 2.00 bits per heavy atom. The van der Waals surface area contributed by atoms with Gasteiger partial charge in [0.05, 0.1) is 11.2 Å². The maximum Gasteiger partial charge on any atom is 1.00 e. The first-order chi connectivity index (χ1) is 7.79. The van der Waals surface area contributed by atoms with Crippen LogP contribution in [0.2, 0.25) is 5.02 Å². The summed E-state index contributed by atoms with van der Waals surface area (Å²) in [5, 5.41) is 10.7. The maximum absolute atomic E-state index is 11.2. The van der Waals surface area contributed by atoms with E-state index in [2.05, 4.69) is 4.98 Å². The number of hydrogen-bond acceptors (Lipinski definition) is 6. The molecular formula is C8H8ClN2Na2O5P. The van der Waals surface area contributed by atoms with Crippen LogP contribution < -0.4 is 79.7 Å². The minimum Gasteiger partial charge on any atom is -0.857 e. The van der Waals surface area contributed by atoms with E-state index < -0.39 is 25.7 Å². The van der Waals surface area contributed by atoms with Crippen molar-refractivity contribution in [2.24, 2.45) is 0 Å². The number of nitrogens with zero attached hydrogens (tertiary/aromatic N) is 2. The molecule has 0 unspecified atom stereocenters. The molecule has 0 saturated heterocycles. The van der Waals surface area contributed by atoms with Crippen molar-refractivity contribution in [2.45, 2.75) is 6.54 Å². The van der Waals surface area contributed by atoms with Crippen molar-refractivity contribution < 1.29 is 78.9 Å². The summed E-state index contributed by atoms with van der Waals surface area (Å²) in [6.45, 7) is 0.00579. The number of allylic oxidation sites excluding steroid dienone is 2. The van der Waals surface area contributed by atoms with Crippen LogP contribution in [0.4, 0.5) is 0 Å². The molecule has 1 heterocycles. The number of aromatic nitrogens is 2. The van der Waals surface area contributed by atoms with Crippen LogP contribution in [-0.2, 0) is 6.54 Å². The first kappa shape index (κ1) is 22.3. The average Bonchev–Trinajstić information content (AvgIpc) is 2.18. The summed E-state index contributed by atoms with van der Waals surface area (Å²) < 4.78 is 1.04. The van der Waals surface area contributed by atoms with Crippen LogP contribution >= 0.6 is 19.5 Å². The van der Waals surface area contributed by atoms with Crippen molar-refractivity contribution in [3.8, 4) is 5.88 Å². The largest absolute Gasteiger partial charge is 1.00 e. The Bertz CT molecular complexity index is 491. The molecule has 0 aliphatic carbocycles. The zero-order chi connectivity index (χ0) is 13.1. The Balaban J connectivity index is 0. The molecule has 0 bridgehead atoms. The molecule has 0 saturated carbocycles. The molecule has 0 aromatic carbocycles. The molecule has 19 heavy (non-hydrogen) atoms. The van der Waals surface area contributed by atoms with E-state index in [9.17, 15) is 19.7 Å². The Kier molecular flexibility index (Phi) is 11.6. The number of rotatable bonds is 4. The van der Waals surface area contributed by atoms with Gasteiger partial charge in [-0.05, 0) is 6.08 Å². The van der Waals surface area contributed by atoms with Crippen LogP contribution in [0.25, 0.3) is 0 Å². The predicted molar refractivity (Wildman–Crippen MR) is 56.1 cm³/mol. The quantitative estimate of drug-likeness (QED) is 0.333. The van der Waals surface area contributed by atoms with E-state index in [1.54, 1.807) is 0 Å². The second-order valence-electron chi connectivity index (χ2n) is 3.12. The van der Waals surface area contributed by atoms with Crippen LogP contribution in [0.15, 0.2) is 23.1 Å². The molecule has 0 fully saturated rings. The fourth-order valence-corrected chi connectivity index (χ4v) is 1.55. The van der Waals surface area contributed by atoms with Crippen molar-refractivity contribution in [2.75, 3.05) is 6.16 Å². The maximum atomic E-state index is 11.2. The van der Waals surface area contributed by atoms with Gasteiger partial charge in [0.1, 0.15) is 0 Å². The van der Waals surface area contributed by atoms with Crippen molar-refractivity contribution in [3.63, 3.8) is 0 Å². The molecule has 0 aliphatic heterocycles. The molecule has 1 aromatic rings. The van der Waals surface area contributed by atoms with E-state index in [0.717, 1.165) is 10.8 Å². The van der Waals surface area contributed by atoms with Gasteiger partial charge >= 0.3 is 64.8 Å². The van der Waals surface area contributed by atoms with Gasteiger partial charge in [0, 0.05) is 26.6 Å². The summed E-state index contributed by atoms with van der Waals surface area (Å²) in [5.41, 5.74) is -0.779. The van der Waals surface area contributed by atoms with Gasteiger partial charge < -0.3 is 14.9 Å². The Morgan fingerprint density at radius 1 is 1.42 bits per heavy atom. The van der Waals surface area contributed by atoms with Crippen LogP contribution in [0.1, 0.15) is 0 Å². The van der Waals surface area contributed by atoms with Gasteiger partial charge in [-0.25, -0.2) is 9.78 Å². The molecule has 0 aliphatic rings. The van der Waals surface area contributed by atoms with E-state index in [1.807, 2.05) is 0 Å². The number of hydrogen-bond donors (Lipinski definition) is 1. The molecule has 94 valence electrons. The molecule has 1 N–H and O–H groups in total. The zero-order valence-corrected chi connectivity index (χ0v) is 16.1. The summed E-state index contributed by atoms with van der Waals surface area (Å²) >= 11 is 5.48. The molecule has 0 atom stereocenters. The van der Waals surface area contributed by atoms with Crippen LogP contribution in [0.3, 0.4) is 0 Å². The topological polar surface area (TPSA) is 124 Å². The van der Waals surface area contributed by atoms with Crippen molar-refractivity contribution in [1.82, 2.24) is 9.55 Å². The normalized spacial score (nSPS) is 10.9. The summed E-state index contributed by atoms with van der Waals surface area (Å²) in [4.78, 5) is 43.5. The molecule has 0 spiro atoms. The van der Waals surface area contributed by atoms with Gasteiger partial charge in [0.2, 0.25) is 0 Å². The third-order valence-electron chi connectivity index (χ3n) is 1.72. The van der Waals surface area contributed by atoms with E-state index >= 15 is 0 Å². The van der Waals surface area contributed by atoms with Crippen LogP contribution in [-0.4, -0.2) is 20.6 Å². The molecule has 11 heteroatoms. The summed E-state index contributed by atoms with van der Waals surface area (Å²) in [6, 6.07) is 0. The third-order valence-corrected chi connectivity index (χ3v) is 2.65. The third kappa shape index (κ3) is 8.80. The van der Waals surface area contributed by atoms with E-state index in [-0.39, 0.29) is 70.7 Å². The van der Waals surface area contributed by atoms with Crippen molar-refractivity contribution in [3.05, 3.63) is 33.9 Å². The average molecular weight is 325 g/mol. The zero-order valence-electron chi connectivity index (χ0n) is 10.4. The molecular weight excluding hydrogens is 317 g/mol. The van der Waals surface area contributed by atoms with Gasteiger partial charge in [0.25, 0.3) is 0 Å². The second kappa shape index (κ2) is 9.87. The SMILES string of the molecule is O=c1nc([O-])c(Cl)cn1C/C=C\C[P+]([O-])([O-])O.[Na+].[Na+]. The van der Waals surface area contributed by atoms with E-state index in [4.69, 9.17) is 16.5 Å². The smallest absolute Gasteiger partial charge is 0.857 e. The van der Waals surface area contributed by atoms with E-state index in [0.29, 0.717) is 0 Å². The fraction of sp³-hybridized carbons (Fsp3) is 0.250. The molecule has 1 rings (SSSR count). The predicted octanol–water partition coefficient (Wildman–Crippen LogP) is -7.99. The van der Waals surface area contributed by atoms with Crippen molar-refractivity contribution >= 4 is 19.5 Å². The van der Waals surface area contributed by atoms with Gasteiger partial charge in [-0.3, -0.25) is 9.46 Å². The molecule has 1 aromatic heterocycles. The molecule has 7 nitrogen and oxygen atoms in total. The van der Waals surface area contributed by atoms with Gasteiger partial charge in [-0.15, -0.1) is 0 Å². The van der Waals surface area contributed by atoms with Gasteiger partial charge in [-0.2, -0.15) is 0 Å². The summed E-state index contributed by atoms with van der Waals surface area (Å²) in [7, 11) is -4.33. The Hall–Kier alpha value is 1.02. The van der Waals surface area contributed by atoms with Gasteiger partial charge in [0.15, 0.2) is 0 Å². The Morgan fingerprint density at radius 3 is 2.53 bits per heavy atom. The van der Waals surface area contributed by atoms with Crippen molar-refractivity contribution in [1.29, 1.82) is 0 Å². The molecule has 0 radical (unpaired) electrons. The standard InChI is InChI=1S/C8H10ClN2O5P.2Na/c9-6-5-11(8(13)10-7(6)12)3-1-2-4-17(14,15)16;;/h1-2,5H,3-4H2,(H,10,12,13)(H2,14,15,16);;/q;2*+1/p-2/b2-1-;;.